The van der Waals surface area contributed by atoms with Crippen molar-refractivity contribution in [3.63, 3.8) is 0 Å². The molecule has 0 aliphatic carbocycles. The molecule has 0 spiro atoms. The van der Waals surface area contributed by atoms with Crippen LogP contribution >= 0.6 is 0 Å². The van der Waals surface area contributed by atoms with Crippen molar-refractivity contribution in [2.75, 3.05) is 7.11 Å². The molecule has 0 aromatic heterocycles. The third-order valence-corrected chi connectivity index (χ3v) is 1.19. The maximum Gasteiger partial charge on any atom is 0.281 e. The van der Waals surface area contributed by atoms with E-state index in [2.05, 4.69) is 45.3 Å². The molecule has 0 amide bonds. The van der Waals surface area contributed by atoms with Crippen LogP contribution in [0.5, 0.6) is 11.5 Å². The third kappa shape index (κ3) is 26.3. The standard InChI is InChI=1S/C8H8O3.5CO.Cr/c1-11-5-6-4-7(9)2-3-8(6)10;5*1-2;/h2-4,9-10H,1H3;;;;;;. The summed E-state index contributed by atoms with van der Waals surface area (Å²) in [6, 6.07) is 4.12. The zero-order chi connectivity index (χ0) is 18.3. The van der Waals surface area contributed by atoms with Crippen LogP contribution in [0.15, 0.2) is 18.2 Å². The first-order valence-electron chi connectivity index (χ1n) is 4.07. The fraction of sp³-hybridized carbons (Fsp3) is 0.0769. The van der Waals surface area contributed by atoms with Gasteiger partial charge in [-0.05, 0) is 18.2 Å². The zero-order valence-electron chi connectivity index (χ0n) is 11.0. The Morgan fingerprint density at radius 1 is 0.864 bits per heavy atom. The summed E-state index contributed by atoms with van der Waals surface area (Å²) in [6.45, 7) is 24.9. The molecule has 1 rings (SSSR count). The predicted molar refractivity (Wildman–Crippen MR) is 67.6 cm³/mol. The minimum absolute atomic E-state index is 0. The summed E-state index contributed by atoms with van der Waals surface area (Å²) in [4.78, 5) is 37.5. The van der Waals surface area contributed by atoms with Crippen LogP contribution in [0.3, 0.4) is 0 Å². The van der Waals surface area contributed by atoms with Crippen LogP contribution in [0.25, 0.3) is 0 Å². The van der Waals surface area contributed by atoms with Crippen molar-refractivity contribution >= 4 is 33.9 Å². The fourth-order valence-electron chi connectivity index (χ4n) is 0.716. The molecule has 8 nitrogen and oxygen atoms in total. The summed E-state index contributed by atoms with van der Waals surface area (Å²) < 4.78 is 4.54. The van der Waals surface area contributed by atoms with Crippen molar-refractivity contribution in [1.29, 1.82) is 0 Å². The van der Waals surface area contributed by atoms with Crippen molar-refractivity contribution in [2.45, 2.75) is 0 Å². The molecule has 1 aromatic rings. The van der Waals surface area contributed by atoms with Crippen molar-refractivity contribution in [2.24, 2.45) is 0 Å². The third-order valence-electron chi connectivity index (χ3n) is 1.19. The number of ether oxygens (including phenoxy) is 1. The number of phenolic OH excluding ortho intramolecular Hbond substituents is 2. The maximum atomic E-state index is 9.11. The number of hydrogen-bond donors (Lipinski definition) is 2. The van der Waals surface area contributed by atoms with Crippen LogP contribution in [0.4, 0.5) is 0 Å². The first-order valence-corrected chi connectivity index (χ1v) is 4.07. The van der Waals surface area contributed by atoms with Crippen molar-refractivity contribution < 1.29 is 56.3 Å². The number of methoxy groups -OCH3 is 1. The topological polar surface area (TPSA) is 135 Å². The summed E-state index contributed by atoms with van der Waals surface area (Å²) >= 11 is 0. The van der Waals surface area contributed by atoms with Gasteiger partial charge >= 0.3 is 0 Å². The molecule has 0 saturated heterocycles. The van der Waals surface area contributed by atoms with Crippen LogP contribution in [0.1, 0.15) is 5.56 Å². The Morgan fingerprint density at radius 2 is 1.23 bits per heavy atom. The van der Waals surface area contributed by atoms with Crippen LogP contribution in [-0.2, 0) is 46.1 Å². The molecule has 114 valence electrons. The Morgan fingerprint density at radius 3 is 1.55 bits per heavy atom. The number of benzene rings is 1. The van der Waals surface area contributed by atoms with Crippen LogP contribution in [0.2, 0.25) is 0 Å². The number of phenols is 2. The Balaban J connectivity index is -0.0000000500. The van der Waals surface area contributed by atoms with Gasteiger partial charge in [0.25, 0.3) is 33.9 Å². The number of carbonyl (C=O) groups excluding carboxylic acids is 5. The first-order chi connectivity index (χ1) is 10.2. The van der Waals surface area contributed by atoms with Gasteiger partial charge < -0.3 is 14.9 Å². The smallest absolute Gasteiger partial charge is 0.281 e. The molecule has 2 N–H and O–H groups in total. The average Bonchev–Trinajstić information content (AvgIpc) is 2.60. The summed E-state index contributed by atoms with van der Waals surface area (Å²) in [6.07, 6.45) is 0. The molecular weight excluding hydrogens is 336 g/mol. The van der Waals surface area contributed by atoms with Gasteiger partial charge in [0.15, 0.2) is 6.61 Å². The normalized spacial score (nSPS) is 5.86. The Hall–Kier alpha value is -2.34. The summed E-state index contributed by atoms with van der Waals surface area (Å²) in [5.74, 6) is 0.104. The van der Waals surface area contributed by atoms with Gasteiger partial charge in [0, 0.05) is 30.0 Å². The minimum atomic E-state index is 0. The van der Waals surface area contributed by atoms with Gasteiger partial charge in [0.2, 0.25) is 0 Å². The van der Waals surface area contributed by atoms with Crippen LogP contribution in [-0.4, -0.2) is 51.3 Å². The molecule has 22 heavy (non-hydrogen) atoms. The molecule has 0 aliphatic heterocycles. The van der Waals surface area contributed by atoms with E-state index in [0.717, 1.165) is 0 Å². The fourth-order valence-corrected chi connectivity index (χ4v) is 0.716. The van der Waals surface area contributed by atoms with Gasteiger partial charge in [0.05, 0.1) is 0 Å². The first kappa shape index (κ1) is 36.7. The molecule has 0 bridgehead atoms. The zero-order valence-corrected chi connectivity index (χ0v) is 12.3. The predicted octanol–water partition coefficient (Wildman–Crippen LogP) is -0.857. The maximum absolute atomic E-state index is 9.11. The number of rotatable bonds is 2. The van der Waals surface area contributed by atoms with E-state index in [1.165, 1.54) is 25.3 Å². The van der Waals surface area contributed by atoms with E-state index < -0.39 is 0 Å². The van der Waals surface area contributed by atoms with Gasteiger partial charge in [-0.2, -0.15) is 0 Å². The van der Waals surface area contributed by atoms with E-state index in [-0.39, 0.29) is 28.9 Å². The van der Waals surface area contributed by atoms with Gasteiger partial charge in [-0.3, -0.25) is 24.0 Å². The van der Waals surface area contributed by atoms with E-state index in [0.29, 0.717) is 5.56 Å². The van der Waals surface area contributed by atoms with Gasteiger partial charge in [-0.1, -0.05) is 0 Å². The van der Waals surface area contributed by atoms with Crippen molar-refractivity contribution in [3.05, 3.63) is 30.4 Å². The van der Waals surface area contributed by atoms with Gasteiger partial charge in [0.1, 0.15) is 11.5 Å². The second-order valence-corrected chi connectivity index (χ2v) is 2.01. The second-order valence-electron chi connectivity index (χ2n) is 2.01. The number of hydrogen-bond acceptors (Lipinski definition) is 8. The van der Waals surface area contributed by atoms with E-state index in [1.807, 2.05) is 0 Å². The van der Waals surface area contributed by atoms with Gasteiger partial charge in [-0.25, -0.2) is 0 Å². The SMILES string of the molecule is CO[C]c1cc(O)ccc1O.[C]=O.[C]=O.[C]=O.[C]=O.[C]=O.[Cr]. The summed E-state index contributed by atoms with van der Waals surface area (Å²) in [7, 11) is 1.42. The Bertz CT molecular complexity index is 313. The molecule has 0 unspecified atom stereocenters. The van der Waals surface area contributed by atoms with Gasteiger partial charge in [-0.15, -0.1) is 0 Å². The summed E-state index contributed by atoms with van der Waals surface area (Å²) in [5, 5.41) is 18.1. The van der Waals surface area contributed by atoms with E-state index in [4.69, 9.17) is 34.2 Å². The molecule has 0 atom stereocenters. The molecule has 1 aromatic carbocycles. The monoisotopic (exact) mass is 344 g/mol. The average molecular weight is 344 g/mol. The molecule has 9 heteroatoms. The Labute approximate surface area is 139 Å². The molecule has 0 fully saturated rings. The Kier molecular flexibility index (Phi) is 71.4. The van der Waals surface area contributed by atoms with E-state index >= 15 is 0 Å². The largest absolute Gasteiger partial charge is 0.508 e. The molecule has 0 aliphatic rings. The van der Waals surface area contributed by atoms with E-state index in [9.17, 15) is 0 Å². The molecule has 0 heterocycles. The minimum Gasteiger partial charge on any atom is -0.508 e. The van der Waals surface area contributed by atoms with E-state index in [1.54, 1.807) is 0 Å². The quantitative estimate of drug-likeness (QED) is 0.662. The summed E-state index contributed by atoms with van der Waals surface area (Å²) in [5.41, 5.74) is 0.340. The van der Waals surface area contributed by atoms with Crippen molar-refractivity contribution in [3.8, 4) is 11.5 Å². The van der Waals surface area contributed by atoms with Crippen LogP contribution < -0.4 is 0 Å². The number of aromatic hydroxyl groups is 2. The van der Waals surface area contributed by atoms with Crippen molar-refractivity contribution in [1.82, 2.24) is 0 Å². The molecule has 12 radical (unpaired) electrons. The van der Waals surface area contributed by atoms with Crippen LogP contribution in [0, 0.1) is 6.61 Å². The molecular formula is C13H8CrO8. The second kappa shape index (κ2) is 42.8. The molecule has 0 saturated carbocycles.